The highest BCUT2D eigenvalue weighted by Crippen LogP contribution is 2.22. The van der Waals surface area contributed by atoms with Crippen LogP contribution in [-0.4, -0.2) is 16.5 Å². The maximum absolute atomic E-state index is 5.75. The van der Waals surface area contributed by atoms with Gasteiger partial charge in [-0.1, -0.05) is 37.6 Å². The molecule has 3 heteroatoms. The van der Waals surface area contributed by atoms with Gasteiger partial charge in [0, 0.05) is 6.42 Å². The topological polar surface area (TPSA) is 54.7 Å². The zero-order chi connectivity index (χ0) is 13.2. The summed E-state index contributed by atoms with van der Waals surface area (Å²) in [4.78, 5) is 7.82. The number of aromatic nitrogens is 2. The quantitative estimate of drug-likeness (QED) is 0.867. The van der Waals surface area contributed by atoms with E-state index in [9.17, 15) is 0 Å². The molecular weight excluding hydrogens is 222 g/mol. The van der Waals surface area contributed by atoms with E-state index in [0.29, 0.717) is 6.54 Å². The number of nitrogens with two attached hydrogens (primary N) is 1. The van der Waals surface area contributed by atoms with E-state index in [1.807, 2.05) is 6.20 Å². The average molecular weight is 243 g/mol. The fourth-order valence-electron chi connectivity index (χ4n) is 1.94. The summed E-state index contributed by atoms with van der Waals surface area (Å²) in [5.41, 5.74) is 9.34. The molecule has 0 spiro atoms. The summed E-state index contributed by atoms with van der Waals surface area (Å²) in [6.07, 6.45) is 2.77. The molecule has 1 heterocycles. The number of H-pyrrole nitrogens is 1. The van der Waals surface area contributed by atoms with Crippen LogP contribution >= 0.6 is 0 Å². The van der Waals surface area contributed by atoms with E-state index in [0.717, 1.165) is 17.9 Å². The summed E-state index contributed by atoms with van der Waals surface area (Å²) in [7, 11) is 0. The maximum Gasteiger partial charge on any atom is 0.107 e. The SMILES string of the molecule is Cc1cccc(-c2cnc(CC(C)(C)CN)[nH]2)c1. The van der Waals surface area contributed by atoms with Crippen molar-refractivity contribution in [3.05, 3.63) is 41.9 Å². The van der Waals surface area contributed by atoms with Crippen molar-refractivity contribution in [2.24, 2.45) is 11.1 Å². The van der Waals surface area contributed by atoms with Gasteiger partial charge < -0.3 is 10.7 Å². The molecule has 2 rings (SSSR count). The van der Waals surface area contributed by atoms with Crippen LogP contribution in [-0.2, 0) is 6.42 Å². The molecule has 0 aliphatic heterocycles. The molecule has 3 N–H and O–H groups in total. The number of aryl methyl sites for hydroxylation is 1. The summed E-state index contributed by atoms with van der Waals surface area (Å²) < 4.78 is 0. The van der Waals surface area contributed by atoms with E-state index < -0.39 is 0 Å². The van der Waals surface area contributed by atoms with Crippen LogP contribution in [0.1, 0.15) is 25.2 Å². The van der Waals surface area contributed by atoms with Gasteiger partial charge >= 0.3 is 0 Å². The summed E-state index contributed by atoms with van der Waals surface area (Å²) in [6, 6.07) is 8.41. The molecule has 0 aliphatic rings. The Bertz CT molecular complexity index is 526. The molecule has 0 saturated heterocycles. The Morgan fingerprint density at radius 2 is 2.11 bits per heavy atom. The molecule has 2 aromatic rings. The van der Waals surface area contributed by atoms with Gasteiger partial charge in [0.2, 0.25) is 0 Å². The fourth-order valence-corrected chi connectivity index (χ4v) is 1.94. The molecular formula is C15H21N3. The molecule has 1 aromatic heterocycles. The number of rotatable bonds is 4. The van der Waals surface area contributed by atoms with Crippen LogP contribution in [0.15, 0.2) is 30.5 Å². The van der Waals surface area contributed by atoms with Gasteiger partial charge in [-0.3, -0.25) is 0 Å². The minimum absolute atomic E-state index is 0.0850. The molecule has 96 valence electrons. The third kappa shape index (κ3) is 2.99. The Hall–Kier alpha value is -1.61. The minimum Gasteiger partial charge on any atom is -0.342 e. The second kappa shape index (κ2) is 4.94. The second-order valence-corrected chi connectivity index (χ2v) is 5.66. The van der Waals surface area contributed by atoms with Crippen LogP contribution in [0.5, 0.6) is 0 Å². The first-order valence-electron chi connectivity index (χ1n) is 6.31. The molecule has 18 heavy (non-hydrogen) atoms. The van der Waals surface area contributed by atoms with Gasteiger partial charge in [-0.15, -0.1) is 0 Å². The summed E-state index contributed by atoms with van der Waals surface area (Å²) in [6.45, 7) is 7.06. The monoisotopic (exact) mass is 243 g/mol. The first kappa shape index (κ1) is 12.8. The van der Waals surface area contributed by atoms with Gasteiger partial charge in [-0.2, -0.15) is 0 Å². The van der Waals surface area contributed by atoms with Crippen molar-refractivity contribution < 1.29 is 0 Å². The lowest BCUT2D eigenvalue weighted by atomic mass is 9.89. The van der Waals surface area contributed by atoms with Crippen LogP contribution in [0.25, 0.3) is 11.3 Å². The first-order valence-corrected chi connectivity index (χ1v) is 6.31. The van der Waals surface area contributed by atoms with Crippen molar-refractivity contribution in [1.29, 1.82) is 0 Å². The van der Waals surface area contributed by atoms with Crippen molar-refractivity contribution in [2.45, 2.75) is 27.2 Å². The maximum atomic E-state index is 5.75. The third-order valence-electron chi connectivity index (χ3n) is 3.16. The van der Waals surface area contributed by atoms with E-state index in [2.05, 4.69) is 55.0 Å². The van der Waals surface area contributed by atoms with Crippen LogP contribution in [0.3, 0.4) is 0 Å². The highest BCUT2D eigenvalue weighted by Gasteiger charge is 2.18. The molecule has 0 saturated carbocycles. The van der Waals surface area contributed by atoms with E-state index in [-0.39, 0.29) is 5.41 Å². The number of nitrogens with one attached hydrogen (secondary N) is 1. The summed E-state index contributed by atoms with van der Waals surface area (Å²) in [5, 5.41) is 0. The third-order valence-corrected chi connectivity index (χ3v) is 3.16. The van der Waals surface area contributed by atoms with Gasteiger partial charge in [0.25, 0.3) is 0 Å². The lowest BCUT2D eigenvalue weighted by molar-refractivity contribution is 0.369. The highest BCUT2D eigenvalue weighted by atomic mass is 14.9. The number of aromatic amines is 1. The predicted octanol–water partition coefficient (Wildman–Crippen LogP) is 2.91. The Balaban J connectivity index is 2.21. The van der Waals surface area contributed by atoms with Crippen LogP contribution < -0.4 is 5.73 Å². The average Bonchev–Trinajstić information content (AvgIpc) is 2.77. The Labute approximate surface area is 108 Å². The van der Waals surface area contributed by atoms with Crippen LogP contribution in [0, 0.1) is 12.3 Å². The lowest BCUT2D eigenvalue weighted by Gasteiger charge is -2.20. The molecule has 0 atom stereocenters. The molecule has 0 amide bonds. The zero-order valence-corrected chi connectivity index (χ0v) is 11.3. The predicted molar refractivity (Wildman–Crippen MR) is 75.3 cm³/mol. The van der Waals surface area contributed by atoms with E-state index >= 15 is 0 Å². The molecule has 1 aromatic carbocycles. The van der Waals surface area contributed by atoms with Gasteiger partial charge in [-0.25, -0.2) is 4.98 Å². The zero-order valence-electron chi connectivity index (χ0n) is 11.3. The number of benzene rings is 1. The summed E-state index contributed by atoms with van der Waals surface area (Å²) >= 11 is 0. The highest BCUT2D eigenvalue weighted by molar-refractivity contribution is 5.59. The molecule has 3 nitrogen and oxygen atoms in total. The van der Waals surface area contributed by atoms with Crippen molar-refractivity contribution in [2.75, 3.05) is 6.54 Å². The largest absolute Gasteiger partial charge is 0.342 e. The van der Waals surface area contributed by atoms with Crippen LogP contribution in [0.2, 0.25) is 0 Å². The van der Waals surface area contributed by atoms with E-state index in [1.165, 1.54) is 11.1 Å². The molecule has 0 aliphatic carbocycles. The Kier molecular flexibility index (Phi) is 3.53. The van der Waals surface area contributed by atoms with E-state index in [1.54, 1.807) is 0 Å². The minimum atomic E-state index is 0.0850. The second-order valence-electron chi connectivity index (χ2n) is 5.66. The van der Waals surface area contributed by atoms with Gasteiger partial charge in [0.05, 0.1) is 11.9 Å². The lowest BCUT2D eigenvalue weighted by Crippen LogP contribution is -2.26. The van der Waals surface area contributed by atoms with Crippen molar-refractivity contribution in [3.63, 3.8) is 0 Å². The Morgan fingerprint density at radius 3 is 2.78 bits per heavy atom. The first-order chi connectivity index (χ1) is 8.50. The fraction of sp³-hybridized carbons (Fsp3) is 0.400. The number of nitrogens with zero attached hydrogens (tertiary/aromatic N) is 1. The number of hydrogen-bond acceptors (Lipinski definition) is 2. The molecule has 0 radical (unpaired) electrons. The van der Waals surface area contributed by atoms with E-state index in [4.69, 9.17) is 5.73 Å². The normalized spacial score (nSPS) is 11.8. The molecule has 0 fully saturated rings. The van der Waals surface area contributed by atoms with Crippen molar-refractivity contribution in [1.82, 2.24) is 9.97 Å². The van der Waals surface area contributed by atoms with Crippen molar-refractivity contribution in [3.8, 4) is 11.3 Å². The number of imidazole rings is 1. The smallest absolute Gasteiger partial charge is 0.107 e. The molecule has 0 bridgehead atoms. The number of hydrogen-bond donors (Lipinski definition) is 2. The van der Waals surface area contributed by atoms with Crippen molar-refractivity contribution >= 4 is 0 Å². The van der Waals surface area contributed by atoms with Gasteiger partial charge in [0.1, 0.15) is 5.82 Å². The summed E-state index contributed by atoms with van der Waals surface area (Å²) in [5.74, 6) is 1.00. The Morgan fingerprint density at radius 1 is 1.33 bits per heavy atom. The standard InChI is InChI=1S/C15H21N3/c1-11-5-4-6-12(7-11)13-9-17-14(18-13)8-15(2,3)10-16/h4-7,9H,8,10,16H2,1-3H3,(H,17,18). The van der Waals surface area contributed by atoms with Gasteiger partial charge in [0.15, 0.2) is 0 Å². The van der Waals surface area contributed by atoms with Gasteiger partial charge in [-0.05, 0) is 30.5 Å². The molecule has 0 unspecified atom stereocenters. The van der Waals surface area contributed by atoms with Crippen LogP contribution in [0.4, 0.5) is 0 Å².